The van der Waals surface area contributed by atoms with Gasteiger partial charge in [0.2, 0.25) is 9.84 Å². The molecule has 16 heavy (non-hydrogen) atoms. The second-order valence-electron chi connectivity index (χ2n) is 3.61. The summed E-state index contributed by atoms with van der Waals surface area (Å²) in [4.78, 5) is 7.87. The van der Waals surface area contributed by atoms with Crippen LogP contribution < -0.4 is 5.32 Å². The molecular weight excluding hydrogens is 250 g/mol. The molecule has 1 atom stereocenters. The highest BCUT2D eigenvalue weighted by Gasteiger charge is 2.32. The Morgan fingerprint density at radius 1 is 1.38 bits per heavy atom. The molecular formula is C9H14ClN3O2S. The summed E-state index contributed by atoms with van der Waals surface area (Å²) in [5.74, 6) is 0. The molecule has 1 saturated heterocycles. The van der Waals surface area contributed by atoms with E-state index in [1.54, 1.807) is 6.92 Å². The van der Waals surface area contributed by atoms with Crippen LogP contribution in [-0.2, 0) is 9.84 Å². The van der Waals surface area contributed by atoms with Crippen molar-refractivity contribution in [2.75, 3.05) is 13.1 Å². The predicted octanol–water partition coefficient (Wildman–Crippen LogP) is 0.342. The van der Waals surface area contributed by atoms with Crippen LogP contribution >= 0.6 is 12.4 Å². The van der Waals surface area contributed by atoms with E-state index in [1.165, 1.54) is 12.4 Å². The normalized spacial score (nSPS) is 20.4. The van der Waals surface area contributed by atoms with E-state index in [4.69, 9.17) is 0 Å². The molecule has 1 fully saturated rings. The van der Waals surface area contributed by atoms with Crippen molar-refractivity contribution in [1.82, 2.24) is 15.3 Å². The first-order valence-electron chi connectivity index (χ1n) is 4.84. The van der Waals surface area contributed by atoms with Crippen molar-refractivity contribution in [1.29, 1.82) is 0 Å². The molecule has 0 spiro atoms. The van der Waals surface area contributed by atoms with Gasteiger partial charge in [0, 0.05) is 18.9 Å². The third-order valence-electron chi connectivity index (χ3n) is 2.56. The van der Waals surface area contributed by atoms with Crippen LogP contribution in [0.2, 0.25) is 0 Å². The van der Waals surface area contributed by atoms with E-state index in [2.05, 4.69) is 15.3 Å². The first kappa shape index (κ1) is 13.3. The lowest BCUT2D eigenvalue weighted by atomic mass is 10.4. The van der Waals surface area contributed by atoms with E-state index in [-0.39, 0.29) is 22.7 Å². The number of hydrogen-bond acceptors (Lipinski definition) is 5. The third-order valence-corrected chi connectivity index (χ3v) is 4.78. The molecule has 0 aliphatic carbocycles. The average Bonchev–Trinajstić information content (AvgIpc) is 2.71. The van der Waals surface area contributed by atoms with E-state index in [0.29, 0.717) is 18.7 Å². The van der Waals surface area contributed by atoms with E-state index in [1.807, 2.05) is 0 Å². The fraction of sp³-hybridized carbons (Fsp3) is 0.556. The van der Waals surface area contributed by atoms with Crippen molar-refractivity contribution in [3.8, 4) is 0 Å². The lowest BCUT2D eigenvalue weighted by Crippen LogP contribution is -2.25. The van der Waals surface area contributed by atoms with Crippen LogP contribution in [0.5, 0.6) is 0 Å². The summed E-state index contributed by atoms with van der Waals surface area (Å²) in [6.45, 7) is 2.93. The lowest BCUT2D eigenvalue weighted by molar-refractivity contribution is 0.577. The number of nitrogens with one attached hydrogen (secondary N) is 1. The van der Waals surface area contributed by atoms with Gasteiger partial charge < -0.3 is 5.32 Å². The minimum absolute atomic E-state index is 0. The van der Waals surface area contributed by atoms with E-state index in [0.717, 1.165) is 6.54 Å². The number of aryl methyl sites for hydroxylation is 1. The Bertz CT molecular complexity index is 458. The van der Waals surface area contributed by atoms with E-state index in [9.17, 15) is 8.42 Å². The molecule has 0 bridgehead atoms. The lowest BCUT2D eigenvalue weighted by Gasteiger charge is -2.10. The van der Waals surface area contributed by atoms with Crippen LogP contribution in [0.1, 0.15) is 12.1 Å². The van der Waals surface area contributed by atoms with Gasteiger partial charge in [-0.1, -0.05) is 0 Å². The van der Waals surface area contributed by atoms with Crippen molar-refractivity contribution in [2.45, 2.75) is 23.6 Å². The minimum atomic E-state index is -3.31. The van der Waals surface area contributed by atoms with Crippen molar-refractivity contribution in [3.05, 3.63) is 18.1 Å². The van der Waals surface area contributed by atoms with Crippen LogP contribution in [0.3, 0.4) is 0 Å². The van der Waals surface area contributed by atoms with Gasteiger partial charge in [-0.25, -0.2) is 13.4 Å². The van der Waals surface area contributed by atoms with Gasteiger partial charge in [0.25, 0.3) is 0 Å². The number of hydrogen-bond donors (Lipinski definition) is 1. The molecule has 1 aromatic heterocycles. The highest BCUT2D eigenvalue weighted by Crippen LogP contribution is 2.19. The summed E-state index contributed by atoms with van der Waals surface area (Å²) >= 11 is 0. The van der Waals surface area contributed by atoms with Gasteiger partial charge in [-0.15, -0.1) is 12.4 Å². The number of aromatic nitrogens is 2. The van der Waals surface area contributed by atoms with Gasteiger partial charge in [0.05, 0.1) is 10.9 Å². The Balaban J connectivity index is 0.00000128. The maximum absolute atomic E-state index is 12.1. The fourth-order valence-electron chi connectivity index (χ4n) is 1.73. The molecule has 7 heteroatoms. The molecule has 1 N–H and O–H groups in total. The molecule has 2 rings (SSSR count). The van der Waals surface area contributed by atoms with Crippen molar-refractivity contribution in [2.24, 2.45) is 0 Å². The molecule has 90 valence electrons. The van der Waals surface area contributed by atoms with E-state index < -0.39 is 9.84 Å². The van der Waals surface area contributed by atoms with Crippen LogP contribution in [-0.4, -0.2) is 36.7 Å². The average molecular weight is 264 g/mol. The molecule has 0 radical (unpaired) electrons. The zero-order valence-corrected chi connectivity index (χ0v) is 10.5. The van der Waals surface area contributed by atoms with Crippen molar-refractivity contribution >= 4 is 22.2 Å². The first-order chi connectivity index (χ1) is 7.12. The van der Waals surface area contributed by atoms with Crippen molar-refractivity contribution < 1.29 is 8.42 Å². The quantitative estimate of drug-likeness (QED) is 0.833. The monoisotopic (exact) mass is 263 g/mol. The Morgan fingerprint density at radius 3 is 2.62 bits per heavy atom. The van der Waals surface area contributed by atoms with Gasteiger partial charge in [-0.2, -0.15) is 0 Å². The molecule has 5 nitrogen and oxygen atoms in total. The molecule has 0 saturated carbocycles. The number of halogens is 1. The van der Waals surface area contributed by atoms with Gasteiger partial charge >= 0.3 is 0 Å². The number of nitrogens with zero attached hydrogens (tertiary/aromatic N) is 2. The molecule has 1 aliphatic rings. The maximum Gasteiger partial charge on any atom is 0.201 e. The molecule has 0 amide bonds. The largest absolute Gasteiger partial charge is 0.315 e. The van der Waals surface area contributed by atoms with Crippen LogP contribution in [0, 0.1) is 6.92 Å². The highest BCUT2D eigenvalue weighted by atomic mass is 35.5. The van der Waals surface area contributed by atoms with Gasteiger partial charge in [0.15, 0.2) is 5.03 Å². The topological polar surface area (TPSA) is 72.0 Å². The summed E-state index contributed by atoms with van der Waals surface area (Å²) in [6, 6.07) is 0. The number of sulfone groups is 1. The van der Waals surface area contributed by atoms with Crippen LogP contribution in [0.4, 0.5) is 0 Å². The predicted molar refractivity (Wildman–Crippen MR) is 62.5 cm³/mol. The summed E-state index contributed by atoms with van der Waals surface area (Å²) in [7, 11) is -3.31. The number of rotatable bonds is 2. The zero-order valence-electron chi connectivity index (χ0n) is 8.88. The van der Waals surface area contributed by atoms with Gasteiger partial charge in [-0.05, 0) is 19.9 Å². The Kier molecular flexibility index (Phi) is 4.23. The standard InChI is InChI=1S/C9H13N3O2S.ClH/c1-7-9(12-5-4-11-7)15(13,14)8-2-3-10-6-8;/h4-5,8,10H,2-3,6H2,1H3;1H. The highest BCUT2D eigenvalue weighted by molar-refractivity contribution is 7.92. The smallest absolute Gasteiger partial charge is 0.201 e. The van der Waals surface area contributed by atoms with Crippen molar-refractivity contribution in [3.63, 3.8) is 0 Å². The summed E-state index contributed by atoms with van der Waals surface area (Å²) in [6.07, 6.45) is 3.57. The first-order valence-corrected chi connectivity index (χ1v) is 6.39. The Hall–Kier alpha value is -0.720. The second-order valence-corrected chi connectivity index (χ2v) is 5.75. The third kappa shape index (κ3) is 2.34. The summed E-state index contributed by atoms with van der Waals surface area (Å²) in [5, 5.41) is 2.81. The Morgan fingerprint density at radius 2 is 2.06 bits per heavy atom. The molecule has 1 aromatic rings. The molecule has 1 aliphatic heterocycles. The molecule has 0 aromatic carbocycles. The molecule has 2 heterocycles. The zero-order chi connectivity index (χ0) is 10.9. The maximum atomic E-state index is 12.1. The SMILES string of the molecule is Cc1nccnc1S(=O)(=O)C1CCNC1.Cl. The Labute approximate surface area is 101 Å². The van der Waals surface area contributed by atoms with Crippen LogP contribution in [0.25, 0.3) is 0 Å². The van der Waals surface area contributed by atoms with Crippen LogP contribution in [0.15, 0.2) is 17.4 Å². The summed E-state index contributed by atoms with van der Waals surface area (Å²) in [5.41, 5.74) is 0.476. The minimum Gasteiger partial charge on any atom is -0.315 e. The van der Waals surface area contributed by atoms with E-state index >= 15 is 0 Å². The summed E-state index contributed by atoms with van der Waals surface area (Å²) < 4.78 is 24.2. The van der Waals surface area contributed by atoms with Gasteiger partial charge in [-0.3, -0.25) is 4.98 Å². The fourth-order valence-corrected chi connectivity index (χ4v) is 3.48. The second kappa shape index (κ2) is 5.07. The van der Waals surface area contributed by atoms with Gasteiger partial charge in [0.1, 0.15) is 0 Å². The molecule has 1 unspecified atom stereocenters.